The highest BCUT2D eigenvalue weighted by Crippen LogP contribution is 2.16. The highest BCUT2D eigenvalue weighted by molar-refractivity contribution is 5.71. The molecule has 0 aromatic rings. The third kappa shape index (κ3) is 56.0. The predicted octanol–water partition coefficient (Wildman–Crippen LogP) is 20.4. The SMILES string of the molecule is CCCCC/C=C\C/C=C\C/C=C\CCCCCCCCC(=O)OC(COC(=O)CCCCCCC/C=C\CCCCC)COC(=O)CCCCCCCCCCC/C=C\CCCCCCCCCC. The molecular weight excluding hydrogens is 865 g/mol. The molecule has 0 aliphatic heterocycles. The Hall–Kier alpha value is -2.89. The minimum absolute atomic E-state index is 0.0821. The van der Waals surface area contributed by atoms with Crippen molar-refractivity contribution in [1.82, 2.24) is 0 Å². The third-order valence-electron chi connectivity index (χ3n) is 13.2. The quantitative estimate of drug-likeness (QED) is 0.0261. The number of carbonyl (C=O) groups excluding carboxylic acids is 3. The van der Waals surface area contributed by atoms with Crippen LogP contribution < -0.4 is 0 Å². The first-order chi connectivity index (χ1) is 34.5. The van der Waals surface area contributed by atoms with Crippen molar-refractivity contribution < 1.29 is 28.6 Å². The van der Waals surface area contributed by atoms with Crippen LogP contribution in [-0.4, -0.2) is 37.2 Å². The van der Waals surface area contributed by atoms with Gasteiger partial charge in [0.2, 0.25) is 0 Å². The standard InChI is InChI=1S/C64H114O6/c1-4-7-10-13-16-19-22-25-27-29-31-32-34-35-37-39-42-45-48-51-54-57-63(66)69-60-61(59-68-62(65)56-53-50-47-44-41-24-21-18-15-12-9-6-3)70-64(67)58-55-52-49-46-43-40-38-36-33-30-28-26-23-20-17-14-11-8-5-2/h17-18,20-21,26,28-29,31,33,36,61H,4-16,19,22-25,27,30,32,34-35,37-60H2,1-3H3/b20-17-,21-18-,28-26-,31-29-,36-33-. The molecular formula is C64H114O6. The molecule has 0 heterocycles. The molecule has 0 aliphatic rings. The van der Waals surface area contributed by atoms with Crippen molar-refractivity contribution in [2.24, 2.45) is 0 Å². The first-order valence-electron chi connectivity index (χ1n) is 30.3. The van der Waals surface area contributed by atoms with E-state index >= 15 is 0 Å². The van der Waals surface area contributed by atoms with E-state index in [1.807, 2.05) is 0 Å². The minimum atomic E-state index is -0.785. The van der Waals surface area contributed by atoms with Gasteiger partial charge in [0.1, 0.15) is 13.2 Å². The number of rotatable bonds is 55. The van der Waals surface area contributed by atoms with E-state index < -0.39 is 6.10 Å². The molecule has 0 aromatic heterocycles. The van der Waals surface area contributed by atoms with Gasteiger partial charge in [-0.25, -0.2) is 0 Å². The highest BCUT2D eigenvalue weighted by Gasteiger charge is 2.19. The van der Waals surface area contributed by atoms with Crippen LogP contribution in [0.4, 0.5) is 0 Å². The molecule has 0 N–H and O–H groups in total. The maximum atomic E-state index is 12.9. The average molecular weight is 980 g/mol. The van der Waals surface area contributed by atoms with Crippen molar-refractivity contribution in [2.75, 3.05) is 13.2 Å². The highest BCUT2D eigenvalue weighted by atomic mass is 16.6. The lowest BCUT2D eigenvalue weighted by molar-refractivity contribution is -0.167. The molecule has 0 rings (SSSR count). The number of hydrogen-bond donors (Lipinski definition) is 0. The zero-order valence-electron chi connectivity index (χ0n) is 46.5. The Bertz CT molecular complexity index is 1260. The molecule has 0 spiro atoms. The van der Waals surface area contributed by atoms with Crippen LogP contribution in [-0.2, 0) is 28.6 Å². The molecule has 0 bridgehead atoms. The van der Waals surface area contributed by atoms with E-state index in [4.69, 9.17) is 14.2 Å². The molecule has 0 aromatic carbocycles. The summed E-state index contributed by atoms with van der Waals surface area (Å²) in [5.74, 6) is -0.894. The second kappa shape index (κ2) is 58.7. The number of esters is 3. The topological polar surface area (TPSA) is 78.9 Å². The Labute approximate surface area is 434 Å². The molecule has 0 fully saturated rings. The van der Waals surface area contributed by atoms with Crippen LogP contribution in [0.1, 0.15) is 310 Å². The summed E-state index contributed by atoms with van der Waals surface area (Å²) in [6, 6.07) is 0. The summed E-state index contributed by atoms with van der Waals surface area (Å²) >= 11 is 0. The van der Waals surface area contributed by atoms with E-state index in [0.29, 0.717) is 19.3 Å². The van der Waals surface area contributed by atoms with Gasteiger partial charge in [0, 0.05) is 19.3 Å². The zero-order valence-corrected chi connectivity index (χ0v) is 46.5. The van der Waals surface area contributed by atoms with Crippen molar-refractivity contribution in [3.63, 3.8) is 0 Å². The maximum absolute atomic E-state index is 12.9. The van der Waals surface area contributed by atoms with Gasteiger partial charge < -0.3 is 14.2 Å². The summed E-state index contributed by atoms with van der Waals surface area (Å²) in [6.07, 6.45) is 73.6. The van der Waals surface area contributed by atoms with E-state index in [0.717, 1.165) is 89.9 Å². The molecule has 6 nitrogen and oxygen atoms in total. The molecule has 1 atom stereocenters. The summed E-state index contributed by atoms with van der Waals surface area (Å²) in [5.41, 5.74) is 0. The Balaban J connectivity index is 4.34. The van der Waals surface area contributed by atoms with Crippen LogP contribution >= 0.6 is 0 Å². The molecule has 0 saturated carbocycles. The number of hydrogen-bond acceptors (Lipinski definition) is 6. The largest absolute Gasteiger partial charge is 0.462 e. The second-order valence-corrected chi connectivity index (χ2v) is 20.2. The van der Waals surface area contributed by atoms with Gasteiger partial charge in [0.05, 0.1) is 0 Å². The summed E-state index contributed by atoms with van der Waals surface area (Å²) < 4.78 is 16.9. The fourth-order valence-corrected chi connectivity index (χ4v) is 8.62. The number of allylic oxidation sites excluding steroid dienone is 10. The van der Waals surface area contributed by atoms with Gasteiger partial charge >= 0.3 is 17.9 Å². The molecule has 6 heteroatoms. The molecule has 70 heavy (non-hydrogen) atoms. The van der Waals surface area contributed by atoms with Gasteiger partial charge in [-0.15, -0.1) is 0 Å². The Kier molecular flexibility index (Phi) is 56.3. The molecule has 0 amide bonds. The molecule has 406 valence electrons. The summed E-state index contributed by atoms with van der Waals surface area (Å²) in [6.45, 7) is 6.60. The minimum Gasteiger partial charge on any atom is -0.462 e. The molecule has 1 unspecified atom stereocenters. The van der Waals surface area contributed by atoms with Crippen LogP contribution in [0.5, 0.6) is 0 Å². The van der Waals surface area contributed by atoms with Crippen LogP contribution in [0.25, 0.3) is 0 Å². The van der Waals surface area contributed by atoms with Crippen molar-refractivity contribution >= 4 is 17.9 Å². The van der Waals surface area contributed by atoms with Gasteiger partial charge in [0.15, 0.2) is 6.10 Å². The van der Waals surface area contributed by atoms with Gasteiger partial charge in [0.25, 0.3) is 0 Å². The van der Waals surface area contributed by atoms with Crippen molar-refractivity contribution in [2.45, 2.75) is 316 Å². The lowest BCUT2D eigenvalue weighted by atomic mass is 10.1. The van der Waals surface area contributed by atoms with E-state index in [-0.39, 0.29) is 31.1 Å². The van der Waals surface area contributed by atoms with Gasteiger partial charge in [-0.3, -0.25) is 14.4 Å². The van der Waals surface area contributed by atoms with E-state index in [9.17, 15) is 14.4 Å². The summed E-state index contributed by atoms with van der Waals surface area (Å²) in [4.78, 5) is 38.2. The maximum Gasteiger partial charge on any atom is 0.306 e. The lowest BCUT2D eigenvalue weighted by Crippen LogP contribution is -2.30. The van der Waals surface area contributed by atoms with Gasteiger partial charge in [-0.1, -0.05) is 242 Å². The second-order valence-electron chi connectivity index (χ2n) is 20.2. The van der Waals surface area contributed by atoms with Crippen LogP contribution in [0.3, 0.4) is 0 Å². The monoisotopic (exact) mass is 979 g/mol. The van der Waals surface area contributed by atoms with Gasteiger partial charge in [-0.05, 0) is 109 Å². The smallest absolute Gasteiger partial charge is 0.306 e. The third-order valence-corrected chi connectivity index (χ3v) is 13.2. The van der Waals surface area contributed by atoms with Crippen LogP contribution in [0.2, 0.25) is 0 Å². The fourth-order valence-electron chi connectivity index (χ4n) is 8.62. The summed E-state index contributed by atoms with van der Waals surface area (Å²) in [5, 5.41) is 0. The Morgan fingerprint density at radius 2 is 0.514 bits per heavy atom. The number of ether oxygens (including phenoxy) is 3. The normalized spacial score (nSPS) is 12.4. The first-order valence-corrected chi connectivity index (χ1v) is 30.3. The number of unbranched alkanes of at least 4 members (excludes halogenated alkanes) is 34. The summed E-state index contributed by atoms with van der Waals surface area (Å²) in [7, 11) is 0. The lowest BCUT2D eigenvalue weighted by Gasteiger charge is -2.18. The Morgan fingerprint density at radius 3 is 0.843 bits per heavy atom. The predicted molar refractivity (Wildman–Crippen MR) is 302 cm³/mol. The van der Waals surface area contributed by atoms with E-state index in [2.05, 4.69) is 81.5 Å². The number of carbonyl (C=O) groups is 3. The molecule has 0 saturated heterocycles. The molecule has 0 radical (unpaired) electrons. The zero-order chi connectivity index (χ0) is 50.7. The van der Waals surface area contributed by atoms with Crippen molar-refractivity contribution in [3.8, 4) is 0 Å². The van der Waals surface area contributed by atoms with Crippen LogP contribution in [0, 0.1) is 0 Å². The Morgan fingerprint density at radius 1 is 0.286 bits per heavy atom. The van der Waals surface area contributed by atoms with Crippen molar-refractivity contribution in [3.05, 3.63) is 60.8 Å². The fraction of sp³-hybridized carbons (Fsp3) is 0.797. The molecule has 0 aliphatic carbocycles. The van der Waals surface area contributed by atoms with Gasteiger partial charge in [-0.2, -0.15) is 0 Å². The van der Waals surface area contributed by atoms with Crippen LogP contribution in [0.15, 0.2) is 60.8 Å². The first kappa shape index (κ1) is 67.1. The van der Waals surface area contributed by atoms with Crippen molar-refractivity contribution in [1.29, 1.82) is 0 Å². The average Bonchev–Trinajstić information content (AvgIpc) is 3.36. The van der Waals surface area contributed by atoms with E-state index in [1.54, 1.807) is 0 Å². The van der Waals surface area contributed by atoms with E-state index in [1.165, 1.54) is 180 Å².